The van der Waals surface area contributed by atoms with Gasteiger partial charge in [-0.15, -0.1) is 0 Å². The summed E-state index contributed by atoms with van der Waals surface area (Å²) in [7, 11) is 0. The van der Waals surface area contributed by atoms with Crippen LogP contribution in [0.5, 0.6) is 5.75 Å². The molecule has 0 spiro atoms. The van der Waals surface area contributed by atoms with Crippen molar-refractivity contribution in [2.75, 3.05) is 19.8 Å². The molecule has 35 heavy (non-hydrogen) atoms. The van der Waals surface area contributed by atoms with Crippen LogP contribution in [-0.4, -0.2) is 31.8 Å². The monoisotopic (exact) mass is 478 g/mol. The van der Waals surface area contributed by atoms with Crippen molar-refractivity contribution in [3.63, 3.8) is 0 Å². The van der Waals surface area contributed by atoms with Crippen molar-refractivity contribution in [1.29, 1.82) is 0 Å². The van der Waals surface area contributed by atoms with E-state index in [4.69, 9.17) is 14.2 Å². The lowest BCUT2D eigenvalue weighted by atomic mass is 10.0. The molecule has 2 aromatic rings. The Labute approximate surface area is 209 Å². The van der Waals surface area contributed by atoms with Gasteiger partial charge in [-0.2, -0.15) is 0 Å². The summed E-state index contributed by atoms with van der Waals surface area (Å²) in [5, 5.41) is 0. The fourth-order valence-corrected chi connectivity index (χ4v) is 3.60. The number of benzene rings is 2. The first-order valence-electron chi connectivity index (χ1n) is 12.5. The molecule has 2 rings (SSSR count). The smallest absolute Gasteiger partial charge is 0.330 e. The summed E-state index contributed by atoms with van der Waals surface area (Å²) in [6, 6.07) is 17.0. The topological polar surface area (TPSA) is 61.8 Å². The molecule has 0 aliphatic rings. The molecule has 0 fully saturated rings. The fourth-order valence-electron chi connectivity index (χ4n) is 3.60. The Balaban J connectivity index is 1.59. The van der Waals surface area contributed by atoms with Crippen molar-refractivity contribution in [2.45, 2.75) is 57.8 Å². The van der Waals surface area contributed by atoms with Crippen LogP contribution >= 0.6 is 0 Å². The van der Waals surface area contributed by atoms with Gasteiger partial charge in [0.2, 0.25) is 0 Å². The molecule has 0 aliphatic carbocycles. The van der Waals surface area contributed by atoms with Gasteiger partial charge in [0, 0.05) is 12.2 Å². The molecule has 0 saturated carbocycles. The van der Waals surface area contributed by atoms with Crippen LogP contribution in [0, 0.1) is 0 Å². The second-order valence-corrected chi connectivity index (χ2v) is 8.39. The number of carbonyl (C=O) groups excluding carboxylic acids is 2. The minimum atomic E-state index is -0.360. The molecule has 5 nitrogen and oxygen atoms in total. The van der Waals surface area contributed by atoms with Crippen LogP contribution < -0.4 is 4.74 Å². The average Bonchev–Trinajstić information content (AvgIpc) is 2.90. The maximum absolute atomic E-state index is 11.0. The van der Waals surface area contributed by atoms with Gasteiger partial charge in [-0.05, 0) is 73.8 Å². The highest BCUT2D eigenvalue weighted by atomic mass is 16.5. The van der Waals surface area contributed by atoms with Crippen molar-refractivity contribution in [3.8, 4) is 16.9 Å². The van der Waals surface area contributed by atoms with Crippen LogP contribution in [0.4, 0.5) is 0 Å². The van der Waals surface area contributed by atoms with Gasteiger partial charge in [0.15, 0.2) is 0 Å². The Morgan fingerprint density at radius 3 is 1.57 bits per heavy atom. The Kier molecular flexibility index (Phi) is 13.7. The molecular weight excluding hydrogens is 440 g/mol. The van der Waals surface area contributed by atoms with Crippen molar-refractivity contribution in [1.82, 2.24) is 0 Å². The predicted octanol–water partition coefficient (Wildman–Crippen LogP) is 6.85. The second kappa shape index (κ2) is 17.1. The van der Waals surface area contributed by atoms with Crippen molar-refractivity contribution < 1.29 is 23.8 Å². The number of ether oxygens (including phenoxy) is 3. The minimum absolute atomic E-state index is 0.346. The summed E-state index contributed by atoms with van der Waals surface area (Å²) in [5.41, 5.74) is 3.71. The number of esters is 2. The SMILES string of the molecule is C=CC(=O)OCCCCCCOc1ccc(-c2ccc(CCCCCCOC(=O)C=C)cc2)cc1. The molecule has 0 heterocycles. The largest absolute Gasteiger partial charge is 0.494 e. The highest BCUT2D eigenvalue weighted by Crippen LogP contribution is 2.23. The van der Waals surface area contributed by atoms with Gasteiger partial charge >= 0.3 is 11.9 Å². The summed E-state index contributed by atoms with van der Waals surface area (Å²) in [6.45, 7) is 8.37. The molecule has 0 aromatic heterocycles. The third kappa shape index (κ3) is 12.1. The molecule has 0 radical (unpaired) electrons. The zero-order valence-corrected chi connectivity index (χ0v) is 20.7. The van der Waals surface area contributed by atoms with Gasteiger partial charge in [-0.3, -0.25) is 0 Å². The van der Waals surface area contributed by atoms with Crippen LogP contribution in [0.1, 0.15) is 56.9 Å². The van der Waals surface area contributed by atoms with E-state index >= 15 is 0 Å². The van der Waals surface area contributed by atoms with Gasteiger partial charge in [0.05, 0.1) is 19.8 Å². The first kappa shape index (κ1) is 27.9. The van der Waals surface area contributed by atoms with E-state index in [1.807, 2.05) is 12.1 Å². The van der Waals surface area contributed by atoms with E-state index in [2.05, 4.69) is 49.6 Å². The predicted molar refractivity (Wildman–Crippen MR) is 140 cm³/mol. The highest BCUT2D eigenvalue weighted by molar-refractivity contribution is 5.81. The van der Waals surface area contributed by atoms with Crippen molar-refractivity contribution in [3.05, 3.63) is 79.4 Å². The van der Waals surface area contributed by atoms with Gasteiger partial charge in [0.25, 0.3) is 0 Å². The molecular formula is C30H38O5. The number of hydrogen-bond acceptors (Lipinski definition) is 5. The first-order valence-corrected chi connectivity index (χ1v) is 12.5. The Morgan fingerprint density at radius 2 is 1.06 bits per heavy atom. The van der Waals surface area contributed by atoms with Gasteiger partial charge in [0.1, 0.15) is 5.75 Å². The van der Waals surface area contributed by atoms with E-state index in [1.165, 1.54) is 28.8 Å². The van der Waals surface area contributed by atoms with Crippen LogP contribution in [0.3, 0.4) is 0 Å². The molecule has 0 aliphatic heterocycles. The molecule has 0 atom stereocenters. The molecule has 0 unspecified atom stereocenters. The summed E-state index contributed by atoms with van der Waals surface area (Å²) in [5.74, 6) is 0.174. The third-order valence-corrected chi connectivity index (χ3v) is 5.63. The number of unbranched alkanes of at least 4 members (excludes halogenated alkanes) is 6. The summed E-state index contributed by atoms with van der Waals surface area (Å²) < 4.78 is 15.8. The maximum atomic E-state index is 11.0. The van der Waals surface area contributed by atoms with Gasteiger partial charge in [-0.25, -0.2) is 9.59 Å². The number of aryl methyl sites for hydroxylation is 1. The number of hydrogen-bond donors (Lipinski definition) is 0. The van der Waals surface area contributed by atoms with Crippen LogP contribution in [0.25, 0.3) is 11.1 Å². The lowest BCUT2D eigenvalue weighted by Crippen LogP contribution is -2.02. The van der Waals surface area contributed by atoms with E-state index < -0.39 is 0 Å². The van der Waals surface area contributed by atoms with Crippen LogP contribution in [-0.2, 0) is 25.5 Å². The quantitative estimate of drug-likeness (QED) is 0.133. The molecule has 5 heteroatoms. The summed E-state index contributed by atoms with van der Waals surface area (Å²) in [4.78, 5) is 21.9. The van der Waals surface area contributed by atoms with Gasteiger partial charge < -0.3 is 14.2 Å². The Morgan fingerprint density at radius 1 is 0.600 bits per heavy atom. The molecule has 0 saturated heterocycles. The number of rotatable bonds is 18. The van der Waals surface area contributed by atoms with E-state index in [-0.39, 0.29) is 11.9 Å². The Hall–Kier alpha value is -3.34. The number of carbonyl (C=O) groups is 2. The van der Waals surface area contributed by atoms with Crippen LogP contribution in [0.2, 0.25) is 0 Å². The summed E-state index contributed by atoms with van der Waals surface area (Å²) >= 11 is 0. The molecule has 2 aromatic carbocycles. The normalized spacial score (nSPS) is 10.4. The summed E-state index contributed by atoms with van der Waals surface area (Å²) in [6.07, 6.45) is 11.5. The lowest BCUT2D eigenvalue weighted by Gasteiger charge is -2.08. The fraction of sp³-hybridized carbons (Fsp3) is 0.400. The van der Waals surface area contributed by atoms with Crippen molar-refractivity contribution >= 4 is 11.9 Å². The molecule has 188 valence electrons. The zero-order valence-electron chi connectivity index (χ0n) is 20.7. The second-order valence-electron chi connectivity index (χ2n) is 8.39. The average molecular weight is 479 g/mol. The standard InChI is InChI=1S/C30H38O5/c1-3-29(31)34-23-11-6-5-9-13-25-14-16-26(17-15-25)27-18-20-28(21-19-27)33-22-10-7-8-12-24-35-30(32)4-2/h3-4,14-21H,1-2,5-13,22-24H2. The van der Waals surface area contributed by atoms with Crippen LogP contribution in [0.15, 0.2) is 73.8 Å². The first-order chi connectivity index (χ1) is 17.1. The van der Waals surface area contributed by atoms with Gasteiger partial charge in [-0.1, -0.05) is 62.4 Å². The van der Waals surface area contributed by atoms with E-state index in [0.29, 0.717) is 19.8 Å². The molecule has 0 N–H and O–H groups in total. The highest BCUT2D eigenvalue weighted by Gasteiger charge is 2.02. The minimum Gasteiger partial charge on any atom is -0.494 e. The molecule has 0 amide bonds. The van der Waals surface area contributed by atoms with Crippen molar-refractivity contribution in [2.24, 2.45) is 0 Å². The van der Waals surface area contributed by atoms with E-state index in [9.17, 15) is 9.59 Å². The van der Waals surface area contributed by atoms with E-state index in [0.717, 1.165) is 63.5 Å². The Bertz CT molecular complexity index is 899. The zero-order chi connectivity index (χ0) is 25.1. The lowest BCUT2D eigenvalue weighted by molar-refractivity contribution is -0.138. The maximum Gasteiger partial charge on any atom is 0.330 e. The third-order valence-electron chi connectivity index (χ3n) is 5.63. The van der Waals surface area contributed by atoms with E-state index in [1.54, 1.807) is 0 Å². The molecule has 0 bridgehead atoms.